The zero-order valence-corrected chi connectivity index (χ0v) is 15.6. The van der Waals surface area contributed by atoms with E-state index in [9.17, 15) is 4.79 Å². The molecule has 6 heteroatoms. The number of aliphatic imine (C=N–C) groups is 1. The molecule has 1 aliphatic rings. The number of rotatable bonds is 8. The minimum atomic E-state index is 0.0205. The van der Waals surface area contributed by atoms with E-state index in [1.165, 1.54) is 17.7 Å². The second kappa shape index (κ2) is 8.97. The van der Waals surface area contributed by atoms with Crippen LogP contribution < -0.4 is 16.0 Å². The van der Waals surface area contributed by atoms with Crippen molar-refractivity contribution in [2.45, 2.75) is 36.3 Å². The van der Waals surface area contributed by atoms with Crippen LogP contribution in [0, 0.1) is 5.92 Å². The van der Waals surface area contributed by atoms with Gasteiger partial charge in [-0.2, -0.15) is 0 Å². The van der Waals surface area contributed by atoms with Crippen molar-refractivity contribution >= 4 is 23.6 Å². The van der Waals surface area contributed by atoms with Crippen LogP contribution in [-0.2, 0) is 4.79 Å². The first kappa shape index (κ1) is 18.6. The van der Waals surface area contributed by atoms with Crippen LogP contribution >= 0.6 is 11.8 Å². The summed E-state index contributed by atoms with van der Waals surface area (Å²) in [6.45, 7) is 5.94. The van der Waals surface area contributed by atoms with Gasteiger partial charge in [-0.1, -0.05) is 32.0 Å². The van der Waals surface area contributed by atoms with Crippen molar-refractivity contribution in [2.75, 3.05) is 26.7 Å². The molecule has 0 radical (unpaired) electrons. The monoisotopic (exact) mass is 348 g/mol. The summed E-state index contributed by atoms with van der Waals surface area (Å²) in [7, 11) is 1.77. The molecule has 0 spiro atoms. The number of thioether (sulfide) groups is 1. The maximum atomic E-state index is 11.5. The number of amides is 1. The summed E-state index contributed by atoms with van der Waals surface area (Å²) in [5.74, 6) is 0.886. The van der Waals surface area contributed by atoms with Gasteiger partial charge < -0.3 is 16.0 Å². The Hall–Kier alpha value is -1.69. The van der Waals surface area contributed by atoms with E-state index < -0.39 is 0 Å². The number of carbonyl (C=O) groups excluding carboxylic acids is 1. The fraction of sp³-hybridized carbons (Fsp3) is 0.556. The van der Waals surface area contributed by atoms with E-state index in [1.54, 1.807) is 7.05 Å². The third kappa shape index (κ3) is 6.07. The predicted octanol–water partition coefficient (Wildman–Crippen LogP) is 2.25. The molecule has 0 heterocycles. The van der Waals surface area contributed by atoms with Crippen molar-refractivity contribution in [3.05, 3.63) is 30.3 Å². The predicted molar refractivity (Wildman–Crippen MR) is 101 cm³/mol. The highest BCUT2D eigenvalue weighted by Crippen LogP contribution is 2.51. The van der Waals surface area contributed by atoms with E-state index in [1.807, 2.05) is 31.7 Å². The molecular weight excluding hydrogens is 320 g/mol. The van der Waals surface area contributed by atoms with Crippen molar-refractivity contribution < 1.29 is 4.79 Å². The van der Waals surface area contributed by atoms with Gasteiger partial charge in [0.25, 0.3) is 0 Å². The molecule has 0 atom stereocenters. The molecule has 1 aliphatic carbocycles. The smallest absolute Gasteiger partial charge is 0.222 e. The first-order valence-electron chi connectivity index (χ1n) is 8.51. The van der Waals surface area contributed by atoms with Gasteiger partial charge in [-0.05, 0) is 25.0 Å². The zero-order valence-electron chi connectivity index (χ0n) is 14.8. The molecule has 1 amide bonds. The average Bonchev–Trinajstić information content (AvgIpc) is 3.34. The third-order valence-corrected chi connectivity index (χ3v) is 5.42. The fourth-order valence-corrected chi connectivity index (χ4v) is 3.47. The normalized spacial score (nSPS) is 15.9. The van der Waals surface area contributed by atoms with E-state index in [4.69, 9.17) is 0 Å². The van der Waals surface area contributed by atoms with Crippen LogP contribution in [0.3, 0.4) is 0 Å². The molecule has 0 unspecified atom stereocenters. The highest BCUT2D eigenvalue weighted by molar-refractivity contribution is 8.01. The van der Waals surface area contributed by atoms with Gasteiger partial charge in [-0.3, -0.25) is 9.79 Å². The van der Waals surface area contributed by atoms with Crippen molar-refractivity contribution in [1.29, 1.82) is 0 Å². The minimum absolute atomic E-state index is 0.0205. The van der Waals surface area contributed by atoms with E-state index in [0.717, 1.165) is 12.5 Å². The fourth-order valence-electron chi connectivity index (χ4n) is 2.23. The van der Waals surface area contributed by atoms with E-state index >= 15 is 0 Å². The lowest BCUT2D eigenvalue weighted by Crippen LogP contribution is -2.44. The topological polar surface area (TPSA) is 65.5 Å². The van der Waals surface area contributed by atoms with Gasteiger partial charge >= 0.3 is 0 Å². The van der Waals surface area contributed by atoms with Gasteiger partial charge in [0.15, 0.2) is 5.96 Å². The van der Waals surface area contributed by atoms with Crippen LogP contribution in [0.25, 0.3) is 0 Å². The number of carbonyl (C=O) groups is 1. The molecule has 2 rings (SSSR count). The third-order valence-electron chi connectivity index (χ3n) is 3.93. The highest BCUT2D eigenvalue weighted by Gasteiger charge is 2.43. The highest BCUT2D eigenvalue weighted by atomic mass is 32.2. The molecule has 1 saturated carbocycles. The van der Waals surface area contributed by atoms with Crippen LogP contribution in [-0.4, -0.2) is 43.3 Å². The number of benzene rings is 1. The summed E-state index contributed by atoms with van der Waals surface area (Å²) in [6.07, 6.45) is 2.45. The first-order chi connectivity index (χ1) is 11.5. The molecule has 0 aromatic heterocycles. The van der Waals surface area contributed by atoms with Crippen molar-refractivity contribution in [3.63, 3.8) is 0 Å². The van der Waals surface area contributed by atoms with Crippen LogP contribution in [0.1, 0.15) is 26.7 Å². The maximum Gasteiger partial charge on any atom is 0.222 e. The molecule has 0 bridgehead atoms. The summed E-state index contributed by atoms with van der Waals surface area (Å²) in [5.41, 5.74) is 0. The lowest BCUT2D eigenvalue weighted by atomic mass is 10.2. The van der Waals surface area contributed by atoms with Gasteiger partial charge in [-0.25, -0.2) is 0 Å². The Balaban J connectivity index is 1.69. The maximum absolute atomic E-state index is 11.5. The van der Waals surface area contributed by atoms with Gasteiger partial charge in [0, 0.05) is 42.2 Å². The summed E-state index contributed by atoms with van der Waals surface area (Å²) >= 11 is 1.94. The lowest BCUT2D eigenvalue weighted by Gasteiger charge is -2.18. The number of nitrogens with zero attached hydrogens (tertiary/aromatic N) is 1. The van der Waals surface area contributed by atoms with Crippen LogP contribution in [0.2, 0.25) is 0 Å². The summed E-state index contributed by atoms with van der Waals surface area (Å²) in [6, 6.07) is 10.5. The standard InChI is InChI=1S/C18H28N4OS/c1-14(2)16(23)20-11-12-21-17(19-3)22-13-18(9-10-18)24-15-7-5-4-6-8-15/h4-8,14H,9-13H2,1-3H3,(H,20,23)(H2,19,21,22). The van der Waals surface area contributed by atoms with Crippen LogP contribution in [0.15, 0.2) is 40.2 Å². The van der Waals surface area contributed by atoms with E-state index in [-0.39, 0.29) is 16.6 Å². The van der Waals surface area contributed by atoms with Crippen molar-refractivity contribution in [3.8, 4) is 0 Å². The summed E-state index contributed by atoms with van der Waals surface area (Å²) in [4.78, 5) is 17.1. The molecule has 0 saturated heterocycles. The molecule has 132 valence electrons. The van der Waals surface area contributed by atoms with Crippen molar-refractivity contribution in [1.82, 2.24) is 16.0 Å². The Morgan fingerprint density at radius 2 is 1.83 bits per heavy atom. The average molecular weight is 349 g/mol. The Morgan fingerprint density at radius 1 is 1.17 bits per heavy atom. The lowest BCUT2D eigenvalue weighted by molar-refractivity contribution is -0.123. The molecule has 3 N–H and O–H groups in total. The molecule has 1 aromatic rings. The Bertz CT molecular complexity index is 555. The van der Waals surface area contributed by atoms with Gasteiger partial charge in [0.05, 0.1) is 0 Å². The molecule has 1 fully saturated rings. The van der Waals surface area contributed by atoms with E-state index in [2.05, 4.69) is 45.2 Å². The number of hydrogen-bond donors (Lipinski definition) is 3. The molecular formula is C18H28N4OS. The second-order valence-electron chi connectivity index (χ2n) is 6.40. The number of hydrogen-bond acceptors (Lipinski definition) is 3. The molecule has 24 heavy (non-hydrogen) atoms. The van der Waals surface area contributed by atoms with Crippen LogP contribution in [0.4, 0.5) is 0 Å². The quantitative estimate of drug-likeness (QED) is 0.383. The largest absolute Gasteiger partial charge is 0.355 e. The SMILES string of the molecule is CN=C(NCCNC(=O)C(C)C)NCC1(Sc2ccccc2)CC1. The van der Waals surface area contributed by atoms with Crippen LogP contribution in [0.5, 0.6) is 0 Å². The Kier molecular flexibility index (Phi) is 6.97. The number of nitrogens with one attached hydrogen (secondary N) is 3. The van der Waals surface area contributed by atoms with Gasteiger partial charge in [0.1, 0.15) is 0 Å². The summed E-state index contributed by atoms with van der Waals surface area (Å²) in [5, 5.41) is 9.54. The van der Waals surface area contributed by atoms with Gasteiger partial charge in [0.2, 0.25) is 5.91 Å². The molecule has 0 aliphatic heterocycles. The Labute approximate surface area is 149 Å². The first-order valence-corrected chi connectivity index (χ1v) is 9.33. The molecule has 5 nitrogen and oxygen atoms in total. The van der Waals surface area contributed by atoms with E-state index in [0.29, 0.717) is 13.1 Å². The second-order valence-corrected chi connectivity index (χ2v) is 7.94. The van der Waals surface area contributed by atoms with Gasteiger partial charge in [-0.15, -0.1) is 11.8 Å². The number of guanidine groups is 1. The Morgan fingerprint density at radius 3 is 2.42 bits per heavy atom. The minimum Gasteiger partial charge on any atom is -0.355 e. The molecule has 1 aromatic carbocycles. The zero-order chi connectivity index (χ0) is 17.4. The summed E-state index contributed by atoms with van der Waals surface area (Å²) < 4.78 is 0.283. The van der Waals surface area contributed by atoms with Crippen molar-refractivity contribution in [2.24, 2.45) is 10.9 Å².